The SMILES string of the molecule is Cc1cnc(NC(=O)c2ccc(S(=O)(=O)NCCc3ccccc3)o2)s1. The Balaban J connectivity index is 1.61. The topological polar surface area (TPSA) is 101 Å². The quantitative estimate of drug-likeness (QED) is 0.645. The smallest absolute Gasteiger partial charge is 0.293 e. The van der Waals surface area contributed by atoms with E-state index in [4.69, 9.17) is 4.42 Å². The zero-order valence-corrected chi connectivity index (χ0v) is 15.6. The lowest BCUT2D eigenvalue weighted by Crippen LogP contribution is -2.25. The molecule has 0 saturated carbocycles. The number of benzene rings is 1. The van der Waals surface area contributed by atoms with Gasteiger partial charge in [0.2, 0.25) is 5.09 Å². The number of amides is 1. The molecule has 0 saturated heterocycles. The number of nitrogens with zero attached hydrogens (tertiary/aromatic N) is 1. The number of anilines is 1. The van der Waals surface area contributed by atoms with Crippen molar-refractivity contribution in [1.29, 1.82) is 0 Å². The average molecular weight is 391 g/mol. The van der Waals surface area contributed by atoms with Gasteiger partial charge in [-0.3, -0.25) is 10.1 Å². The van der Waals surface area contributed by atoms with Gasteiger partial charge in [0, 0.05) is 17.6 Å². The summed E-state index contributed by atoms with van der Waals surface area (Å²) in [6, 6.07) is 12.1. The molecule has 1 aromatic carbocycles. The molecule has 1 amide bonds. The van der Waals surface area contributed by atoms with Crippen molar-refractivity contribution in [3.8, 4) is 0 Å². The van der Waals surface area contributed by atoms with Crippen LogP contribution in [0, 0.1) is 6.92 Å². The highest BCUT2D eigenvalue weighted by Gasteiger charge is 2.21. The molecule has 0 atom stereocenters. The molecule has 3 aromatic rings. The van der Waals surface area contributed by atoms with Gasteiger partial charge in [-0.15, -0.1) is 11.3 Å². The second-order valence-corrected chi connectivity index (χ2v) is 8.41. The fourth-order valence-corrected chi connectivity index (χ4v) is 3.82. The number of carbonyl (C=O) groups is 1. The lowest BCUT2D eigenvalue weighted by molar-refractivity contribution is 0.0991. The molecule has 7 nitrogen and oxygen atoms in total. The number of hydrogen-bond donors (Lipinski definition) is 2. The number of nitrogens with one attached hydrogen (secondary N) is 2. The van der Waals surface area contributed by atoms with Gasteiger partial charge in [0.05, 0.1) is 0 Å². The van der Waals surface area contributed by atoms with Gasteiger partial charge in [-0.25, -0.2) is 18.1 Å². The van der Waals surface area contributed by atoms with Crippen LogP contribution in [0.25, 0.3) is 0 Å². The normalized spacial score (nSPS) is 11.4. The van der Waals surface area contributed by atoms with Crippen molar-refractivity contribution in [3.05, 3.63) is 64.9 Å². The van der Waals surface area contributed by atoms with E-state index in [0.717, 1.165) is 10.4 Å². The maximum absolute atomic E-state index is 12.3. The molecule has 0 spiro atoms. The van der Waals surface area contributed by atoms with Gasteiger partial charge in [0.1, 0.15) is 0 Å². The lowest BCUT2D eigenvalue weighted by atomic mass is 10.2. The number of thiazole rings is 1. The Morgan fingerprint density at radius 2 is 1.96 bits per heavy atom. The molecule has 136 valence electrons. The third kappa shape index (κ3) is 4.57. The predicted molar refractivity (Wildman–Crippen MR) is 98.8 cm³/mol. The lowest BCUT2D eigenvalue weighted by Gasteiger charge is -2.04. The van der Waals surface area contributed by atoms with Crippen LogP contribution in [0.4, 0.5) is 5.13 Å². The van der Waals surface area contributed by atoms with Crippen molar-refractivity contribution in [1.82, 2.24) is 9.71 Å². The first kappa shape index (κ1) is 18.3. The number of carbonyl (C=O) groups excluding carboxylic acids is 1. The Hall–Kier alpha value is -2.49. The molecule has 2 heterocycles. The standard InChI is InChI=1S/C17H17N3O4S2/c1-12-11-18-17(25-12)20-16(21)14-7-8-15(24-14)26(22,23)19-10-9-13-5-3-2-4-6-13/h2-8,11,19H,9-10H2,1H3,(H,18,20,21). The average Bonchev–Trinajstić information content (AvgIpc) is 3.25. The minimum absolute atomic E-state index is 0.0960. The van der Waals surface area contributed by atoms with Gasteiger partial charge in [-0.05, 0) is 31.0 Å². The molecule has 0 aliphatic rings. The fourth-order valence-electron chi connectivity index (χ4n) is 2.20. The molecule has 26 heavy (non-hydrogen) atoms. The van der Waals surface area contributed by atoms with Crippen LogP contribution in [0.5, 0.6) is 0 Å². The van der Waals surface area contributed by atoms with Crippen LogP contribution in [0.15, 0.2) is 58.2 Å². The summed E-state index contributed by atoms with van der Waals surface area (Å²) in [4.78, 5) is 17.1. The molecule has 0 unspecified atom stereocenters. The van der Waals surface area contributed by atoms with Crippen molar-refractivity contribution in [2.24, 2.45) is 0 Å². The van der Waals surface area contributed by atoms with Crippen molar-refractivity contribution >= 4 is 32.4 Å². The van der Waals surface area contributed by atoms with Crippen molar-refractivity contribution in [3.63, 3.8) is 0 Å². The van der Waals surface area contributed by atoms with E-state index in [0.29, 0.717) is 11.6 Å². The summed E-state index contributed by atoms with van der Waals surface area (Å²) in [5.74, 6) is -0.647. The molecular weight excluding hydrogens is 374 g/mol. The first-order valence-electron chi connectivity index (χ1n) is 7.81. The van der Waals surface area contributed by atoms with Gasteiger partial charge in [-0.2, -0.15) is 0 Å². The predicted octanol–water partition coefficient (Wildman–Crippen LogP) is 2.82. The second kappa shape index (κ2) is 7.81. The number of sulfonamides is 1. The van der Waals surface area contributed by atoms with Crippen molar-refractivity contribution < 1.29 is 17.6 Å². The highest BCUT2D eigenvalue weighted by Crippen LogP contribution is 2.19. The Morgan fingerprint density at radius 3 is 2.65 bits per heavy atom. The summed E-state index contributed by atoms with van der Waals surface area (Å²) in [5.41, 5.74) is 1.02. The highest BCUT2D eigenvalue weighted by molar-refractivity contribution is 7.89. The van der Waals surface area contributed by atoms with Crippen LogP contribution >= 0.6 is 11.3 Å². The highest BCUT2D eigenvalue weighted by atomic mass is 32.2. The zero-order chi connectivity index (χ0) is 18.6. The Morgan fingerprint density at radius 1 is 1.19 bits per heavy atom. The molecule has 0 radical (unpaired) electrons. The molecule has 0 bridgehead atoms. The third-order valence-electron chi connectivity index (χ3n) is 3.46. The summed E-state index contributed by atoms with van der Waals surface area (Å²) >= 11 is 1.32. The maximum atomic E-state index is 12.3. The molecule has 3 rings (SSSR count). The molecule has 0 fully saturated rings. The number of rotatable bonds is 7. The summed E-state index contributed by atoms with van der Waals surface area (Å²) in [7, 11) is -3.82. The van der Waals surface area contributed by atoms with Crippen molar-refractivity contribution in [2.45, 2.75) is 18.4 Å². The van der Waals surface area contributed by atoms with E-state index in [1.807, 2.05) is 37.3 Å². The van der Waals surface area contributed by atoms with Crippen LogP contribution in [0.2, 0.25) is 0 Å². The van der Waals surface area contributed by atoms with Gasteiger partial charge in [0.25, 0.3) is 15.9 Å². The van der Waals surface area contributed by atoms with E-state index < -0.39 is 15.9 Å². The molecule has 9 heteroatoms. The largest absolute Gasteiger partial charge is 0.438 e. The molecule has 0 aliphatic heterocycles. The van der Waals surface area contributed by atoms with E-state index in [1.165, 1.54) is 23.5 Å². The minimum atomic E-state index is -3.82. The summed E-state index contributed by atoms with van der Waals surface area (Å²) in [6.45, 7) is 2.10. The maximum Gasteiger partial charge on any atom is 0.293 e. The monoisotopic (exact) mass is 391 g/mol. The van der Waals surface area contributed by atoms with E-state index in [1.54, 1.807) is 6.20 Å². The Kier molecular flexibility index (Phi) is 5.50. The summed E-state index contributed by atoms with van der Waals surface area (Å²) in [6.07, 6.45) is 2.19. The first-order valence-corrected chi connectivity index (χ1v) is 10.1. The van der Waals surface area contributed by atoms with Gasteiger partial charge in [0.15, 0.2) is 10.9 Å². The van der Waals surface area contributed by atoms with Crippen LogP contribution in [-0.4, -0.2) is 25.9 Å². The minimum Gasteiger partial charge on any atom is -0.438 e. The number of furan rings is 1. The van der Waals surface area contributed by atoms with Crippen LogP contribution in [0.1, 0.15) is 21.0 Å². The van der Waals surface area contributed by atoms with E-state index >= 15 is 0 Å². The Labute approximate surface area is 155 Å². The van der Waals surface area contributed by atoms with Crippen LogP contribution in [-0.2, 0) is 16.4 Å². The molecular formula is C17H17N3O4S2. The first-order chi connectivity index (χ1) is 12.4. The zero-order valence-electron chi connectivity index (χ0n) is 13.9. The number of hydrogen-bond acceptors (Lipinski definition) is 6. The molecule has 2 N–H and O–H groups in total. The van der Waals surface area contributed by atoms with E-state index in [2.05, 4.69) is 15.0 Å². The number of aromatic nitrogens is 1. The number of aryl methyl sites for hydroxylation is 1. The van der Waals surface area contributed by atoms with Gasteiger partial charge < -0.3 is 4.42 Å². The summed E-state index contributed by atoms with van der Waals surface area (Å²) in [5, 5.41) is 2.69. The van der Waals surface area contributed by atoms with E-state index in [-0.39, 0.29) is 17.4 Å². The summed E-state index contributed by atoms with van der Waals surface area (Å²) < 4.78 is 32.2. The van der Waals surface area contributed by atoms with Gasteiger partial charge >= 0.3 is 0 Å². The van der Waals surface area contributed by atoms with Gasteiger partial charge in [-0.1, -0.05) is 30.3 Å². The van der Waals surface area contributed by atoms with E-state index in [9.17, 15) is 13.2 Å². The van der Waals surface area contributed by atoms with Crippen LogP contribution < -0.4 is 10.0 Å². The van der Waals surface area contributed by atoms with Crippen molar-refractivity contribution in [2.75, 3.05) is 11.9 Å². The van der Waals surface area contributed by atoms with Crippen LogP contribution in [0.3, 0.4) is 0 Å². The Bertz CT molecular complexity index is 994. The molecule has 2 aromatic heterocycles. The second-order valence-electron chi connectivity index (χ2n) is 5.48. The molecule has 0 aliphatic carbocycles. The third-order valence-corrected chi connectivity index (χ3v) is 5.62. The fraction of sp³-hybridized carbons (Fsp3) is 0.176.